The number of hydrogen-bond acceptors (Lipinski definition) is 1. The lowest BCUT2D eigenvalue weighted by molar-refractivity contribution is 1.12. The molecular formula is C7H13ClS. The fourth-order valence-corrected chi connectivity index (χ4v) is 1.35. The zero-order chi connectivity index (χ0) is 7.11. The number of thioether (sulfide) groups is 1. The summed E-state index contributed by atoms with van der Waals surface area (Å²) in [5.74, 6) is 1.84. The predicted octanol–water partition coefficient (Wildman–Crippen LogP) is 2.92. The molecule has 0 spiro atoms. The molecule has 1 atom stereocenters. The minimum absolute atomic E-state index is 0.586. The second kappa shape index (κ2) is 6.50. The van der Waals surface area contributed by atoms with Crippen LogP contribution in [0.1, 0.15) is 13.8 Å². The van der Waals surface area contributed by atoms with Crippen molar-refractivity contribution < 1.29 is 0 Å². The Labute approximate surface area is 66.7 Å². The smallest absolute Gasteiger partial charge is 0.0340 e. The molecule has 0 amide bonds. The van der Waals surface area contributed by atoms with Crippen LogP contribution in [0.3, 0.4) is 0 Å². The first kappa shape index (κ1) is 9.38. The number of halogens is 1. The SMILES string of the molecule is C/C=C/CSC(C)CCl. The van der Waals surface area contributed by atoms with E-state index in [-0.39, 0.29) is 0 Å². The summed E-state index contributed by atoms with van der Waals surface area (Å²) in [5, 5.41) is 0.586. The van der Waals surface area contributed by atoms with Crippen LogP contribution in [0.15, 0.2) is 12.2 Å². The van der Waals surface area contributed by atoms with E-state index in [0.29, 0.717) is 5.25 Å². The Morgan fingerprint density at radius 3 is 2.78 bits per heavy atom. The van der Waals surface area contributed by atoms with Gasteiger partial charge in [0, 0.05) is 16.9 Å². The zero-order valence-electron chi connectivity index (χ0n) is 5.93. The van der Waals surface area contributed by atoms with E-state index in [9.17, 15) is 0 Å². The van der Waals surface area contributed by atoms with Crippen molar-refractivity contribution in [2.75, 3.05) is 11.6 Å². The molecule has 0 aliphatic heterocycles. The molecule has 0 N–H and O–H groups in total. The van der Waals surface area contributed by atoms with Crippen LogP contribution >= 0.6 is 23.4 Å². The van der Waals surface area contributed by atoms with Crippen molar-refractivity contribution in [1.82, 2.24) is 0 Å². The van der Waals surface area contributed by atoms with Crippen molar-refractivity contribution in [1.29, 1.82) is 0 Å². The van der Waals surface area contributed by atoms with E-state index in [0.717, 1.165) is 11.6 Å². The zero-order valence-corrected chi connectivity index (χ0v) is 7.50. The molecule has 0 aromatic carbocycles. The number of alkyl halides is 1. The highest BCUT2D eigenvalue weighted by Crippen LogP contribution is 2.10. The van der Waals surface area contributed by atoms with Crippen LogP contribution in [-0.2, 0) is 0 Å². The van der Waals surface area contributed by atoms with Crippen LogP contribution in [0.5, 0.6) is 0 Å². The normalized spacial score (nSPS) is 14.6. The summed E-state index contributed by atoms with van der Waals surface area (Å²) >= 11 is 7.47. The van der Waals surface area contributed by atoms with Crippen LogP contribution < -0.4 is 0 Å². The molecule has 0 heterocycles. The maximum atomic E-state index is 5.59. The maximum Gasteiger partial charge on any atom is 0.0340 e. The highest BCUT2D eigenvalue weighted by molar-refractivity contribution is 8.00. The molecule has 0 aliphatic carbocycles. The van der Waals surface area contributed by atoms with Gasteiger partial charge in [-0.05, 0) is 6.92 Å². The van der Waals surface area contributed by atoms with E-state index in [1.807, 2.05) is 18.7 Å². The fourth-order valence-electron chi connectivity index (χ4n) is 0.361. The summed E-state index contributed by atoms with van der Waals surface area (Å²) < 4.78 is 0. The molecule has 0 saturated carbocycles. The number of hydrogen-bond donors (Lipinski definition) is 0. The lowest BCUT2D eigenvalue weighted by Gasteiger charge is -2.02. The molecule has 0 nitrogen and oxygen atoms in total. The molecule has 0 bridgehead atoms. The molecule has 0 rings (SSSR count). The van der Waals surface area contributed by atoms with Crippen molar-refractivity contribution in [3.63, 3.8) is 0 Å². The summed E-state index contributed by atoms with van der Waals surface area (Å²) in [6.07, 6.45) is 4.21. The van der Waals surface area contributed by atoms with Gasteiger partial charge in [-0.25, -0.2) is 0 Å². The van der Waals surface area contributed by atoms with Crippen LogP contribution in [0.2, 0.25) is 0 Å². The second-order valence-corrected chi connectivity index (χ2v) is 3.65. The van der Waals surface area contributed by atoms with Crippen molar-refractivity contribution in [3.05, 3.63) is 12.2 Å². The third-order valence-corrected chi connectivity index (χ3v) is 2.70. The van der Waals surface area contributed by atoms with E-state index in [1.165, 1.54) is 0 Å². The van der Waals surface area contributed by atoms with E-state index in [1.54, 1.807) is 0 Å². The van der Waals surface area contributed by atoms with Gasteiger partial charge in [0.2, 0.25) is 0 Å². The Kier molecular flexibility index (Phi) is 6.77. The summed E-state index contributed by atoms with van der Waals surface area (Å²) in [6.45, 7) is 4.17. The van der Waals surface area contributed by atoms with E-state index >= 15 is 0 Å². The van der Waals surface area contributed by atoms with Crippen LogP contribution in [0, 0.1) is 0 Å². The lowest BCUT2D eigenvalue weighted by atomic mass is 10.6. The molecule has 0 aromatic heterocycles. The Morgan fingerprint density at radius 2 is 2.33 bits per heavy atom. The highest BCUT2D eigenvalue weighted by Gasteiger charge is 1.95. The fraction of sp³-hybridized carbons (Fsp3) is 0.714. The first-order valence-corrected chi connectivity index (χ1v) is 4.68. The Hall–Kier alpha value is 0.380. The van der Waals surface area contributed by atoms with Gasteiger partial charge in [-0.15, -0.1) is 11.6 Å². The third kappa shape index (κ3) is 6.26. The van der Waals surface area contributed by atoms with Gasteiger partial charge in [0.25, 0.3) is 0 Å². The topological polar surface area (TPSA) is 0 Å². The molecule has 0 aliphatic rings. The van der Waals surface area contributed by atoms with Gasteiger partial charge in [0.05, 0.1) is 0 Å². The Bertz CT molecular complexity index is 81.0. The molecule has 0 aromatic rings. The quantitative estimate of drug-likeness (QED) is 0.455. The molecule has 2 heteroatoms. The highest BCUT2D eigenvalue weighted by atomic mass is 35.5. The first-order chi connectivity index (χ1) is 4.31. The molecule has 0 saturated heterocycles. The van der Waals surface area contributed by atoms with Gasteiger partial charge in [-0.2, -0.15) is 11.8 Å². The average molecular weight is 165 g/mol. The monoisotopic (exact) mass is 164 g/mol. The standard InChI is InChI=1S/C7H13ClS/c1-3-4-5-9-7(2)6-8/h3-4,7H,5-6H2,1-2H3/b4-3+. The molecule has 1 unspecified atom stereocenters. The van der Waals surface area contributed by atoms with Crippen LogP contribution in [0.25, 0.3) is 0 Å². The van der Waals surface area contributed by atoms with Gasteiger partial charge in [-0.3, -0.25) is 0 Å². The minimum Gasteiger partial charge on any atom is -0.153 e. The van der Waals surface area contributed by atoms with Crippen molar-refractivity contribution in [2.24, 2.45) is 0 Å². The molecular weight excluding hydrogens is 152 g/mol. The van der Waals surface area contributed by atoms with E-state index in [2.05, 4.69) is 19.1 Å². The largest absolute Gasteiger partial charge is 0.153 e. The summed E-state index contributed by atoms with van der Waals surface area (Å²) in [4.78, 5) is 0. The number of allylic oxidation sites excluding steroid dienone is 1. The second-order valence-electron chi connectivity index (χ2n) is 1.87. The van der Waals surface area contributed by atoms with Gasteiger partial charge in [-0.1, -0.05) is 19.1 Å². The van der Waals surface area contributed by atoms with E-state index < -0.39 is 0 Å². The third-order valence-electron chi connectivity index (χ3n) is 0.930. The van der Waals surface area contributed by atoms with Gasteiger partial charge in [0.1, 0.15) is 0 Å². The molecule has 0 fully saturated rings. The first-order valence-electron chi connectivity index (χ1n) is 3.10. The van der Waals surface area contributed by atoms with Gasteiger partial charge in [0.15, 0.2) is 0 Å². The Morgan fingerprint density at radius 1 is 1.67 bits per heavy atom. The summed E-state index contributed by atoms with van der Waals surface area (Å²) in [5.41, 5.74) is 0. The Balaban J connectivity index is 3.06. The van der Waals surface area contributed by atoms with Crippen molar-refractivity contribution >= 4 is 23.4 Å². The van der Waals surface area contributed by atoms with Crippen molar-refractivity contribution in [2.45, 2.75) is 19.1 Å². The summed E-state index contributed by atoms with van der Waals surface area (Å²) in [7, 11) is 0. The van der Waals surface area contributed by atoms with Crippen molar-refractivity contribution in [3.8, 4) is 0 Å². The van der Waals surface area contributed by atoms with Gasteiger partial charge < -0.3 is 0 Å². The predicted molar refractivity (Wildman–Crippen MR) is 47.5 cm³/mol. The van der Waals surface area contributed by atoms with E-state index in [4.69, 9.17) is 11.6 Å². The van der Waals surface area contributed by atoms with Crippen LogP contribution in [0.4, 0.5) is 0 Å². The molecule has 0 radical (unpaired) electrons. The molecule has 54 valence electrons. The summed E-state index contributed by atoms with van der Waals surface area (Å²) in [6, 6.07) is 0. The molecule has 9 heavy (non-hydrogen) atoms. The minimum atomic E-state index is 0.586. The average Bonchev–Trinajstić information content (AvgIpc) is 1.89. The number of rotatable bonds is 4. The van der Waals surface area contributed by atoms with Gasteiger partial charge >= 0.3 is 0 Å². The maximum absolute atomic E-state index is 5.59. The lowest BCUT2D eigenvalue weighted by Crippen LogP contribution is -1.96. The van der Waals surface area contributed by atoms with Crippen LogP contribution in [-0.4, -0.2) is 16.9 Å².